The van der Waals surface area contributed by atoms with Crippen molar-refractivity contribution in [2.24, 2.45) is 5.92 Å². The zero-order chi connectivity index (χ0) is 10.9. The van der Waals surface area contributed by atoms with Gasteiger partial charge in [0, 0.05) is 25.7 Å². The van der Waals surface area contributed by atoms with Crippen molar-refractivity contribution in [1.29, 1.82) is 0 Å². The van der Waals surface area contributed by atoms with Crippen molar-refractivity contribution in [2.45, 2.75) is 45.1 Å². The third kappa shape index (κ3) is 4.68. The average Bonchev–Trinajstić information content (AvgIpc) is 2.29. The summed E-state index contributed by atoms with van der Waals surface area (Å²) in [6.45, 7) is 5.09. The van der Waals surface area contributed by atoms with Crippen LogP contribution in [0.1, 0.15) is 39.0 Å². The minimum atomic E-state index is 0.646. The fourth-order valence-corrected chi connectivity index (χ4v) is 2.31. The molecule has 1 aliphatic heterocycles. The van der Waals surface area contributed by atoms with Gasteiger partial charge in [0.15, 0.2) is 0 Å². The van der Waals surface area contributed by atoms with E-state index >= 15 is 0 Å². The van der Waals surface area contributed by atoms with Gasteiger partial charge in [-0.3, -0.25) is 0 Å². The minimum Gasteiger partial charge on any atom is -0.381 e. The number of unbranched alkanes of at least 4 members (excludes halogenated alkanes) is 1. The van der Waals surface area contributed by atoms with Crippen LogP contribution in [0.4, 0.5) is 0 Å². The van der Waals surface area contributed by atoms with Gasteiger partial charge in [-0.05, 0) is 38.1 Å². The Labute approximate surface area is 93.8 Å². The molecule has 0 aromatic heterocycles. The second-order valence-corrected chi connectivity index (χ2v) is 4.21. The molecule has 0 aromatic rings. The molecule has 86 valence electrons. The van der Waals surface area contributed by atoms with E-state index in [9.17, 15) is 0 Å². The molecule has 0 saturated carbocycles. The average molecular weight is 209 g/mol. The van der Waals surface area contributed by atoms with Crippen LogP contribution in [0, 0.1) is 18.3 Å². The molecule has 0 radical (unpaired) electrons. The highest BCUT2D eigenvalue weighted by Gasteiger charge is 2.22. The van der Waals surface area contributed by atoms with Gasteiger partial charge in [0.2, 0.25) is 0 Å². The third-order valence-corrected chi connectivity index (χ3v) is 3.14. The number of ether oxygens (including phenoxy) is 1. The first-order chi connectivity index (χ1) is 7.38. The summed E-state index contributed by atoms with van der Waals surface area (Å²) in [6, 6.07) is 0.646. The standard InChI is InChI=1S/C13H23NO/c1-3-5-6-7-13(14-4-2)12-8-10-15-11-9-12/h1,12-14H,4-11H2,2H3. The van der Waals surface area contributed by atoms with Crippen LogP contribution in [-0.2, 0) is 4.74 Å². The molecule has 0 bridgehead atoms. The van der Waals surface area contributed by atoms with Crippen LogP contribution < -0.4 is 5.32 Å². The summed E-state index contributed by atoms with van der Waals surface area (Å²) < 4.78 is 5.39. The largest absolute Gasteiger partial charge is 0.381 e. The normalized spacial score (nSPS) is 19.7. The van der Waals surface area contributed by atoms with Crippen LogP contribution in [0.25, 0.3) is 0 Å². The SMILES string of the molecule is C#CCCCC(NCC)C1CCOCC1. The maximum Gasteiger partial charge on any atom is 0.0469 e. The molecule has 1 unspecified atom stereocenters. The molecule has 1 aliphatic rings. The highest BCUT2D eigenvalue weighted by molar-refractivity contribution is 4.85. The molecule has 0 spiro atoms. The number of nitrogens with one attached hydrogen (secondary N) is 1. The molecular formula is C13H23NO. The smallest absolute Gasteiger partial charge is 0.0469 e. The van der Waals surface area contributed by atoms with E-state index in [1.165, 1.54) is 19.3 Å². The van der Waals surface area contributed by atoms with Gasteiger partial charge in [0.25, 0.3) is 0 Å². The second kappa shape index (κ2) is 7.73. The number of hydrogen-bond donors (Lipinski definition) is 1. The van der Waals surface area contributed by atoms with Crippen molar-refractivity contribution < 1.29 is 4.74 Å². The van der Waals surface area contributed by atoms with Crippen molar-refractivity contribution in [3.05, 3.63) is 0 Å². The zero-order valence-electron chi connectivity index (χ0n) is 9.80. The lowest BCUT2D eigenvalue weighted by atomic mass is 9.88. The molecule has 1 atom stereocenters. The molecule has 0 aliphatic carbocycles. The van der Waals surface area contributed by atoms with Gasteiger partial charge >= 0.3 is 0 Å². The first kappa shape index (κ1) is 12.5. The van der Waals surface area contributed by atoms with Crippen LogP contribution in [0.5, 0.6) is 0 Å². The van der Waals surface area contributed by atoms with Gasteiger partial charge in [-0.15, -0.1) is 12.3 Å². The Morgan fingerprint density at radius 3 is 2.80 bits per heavy atom. The first-order valence-corrected chi connectivity index (χ1v) is 6.13. The van der Waals surface area contributed by atoms with E-state index < -0.39 is 0 Å². The Morgan fingerprint density at radius 1 is 1.47 bits per heavy atom. The Bertz CT molecular complexity index is 191. The van der Waals surface area contributed by atoms with Gasteiger partial charge in [-0.1, -0.05) is 6.92 Å². The minimum absolute atomic E-state index is 0.646. The lowest BCUT2D eigenvalue weighted by Crippen LogP contribution is -2.38. The van der Waals surface area contributed by atoms with Gasteiger partial charge in [0.1, 0.15) is 0 Å². The molecule has 0 amide bonds. The van der Waals surface area contributed by atoms with Crippen LogP contribution in [0.3, 0.4) is 0 Å². The second-order valence-electron chi connectivity index (χ2n) is 4.21. The van der Waals surface area contributed by atoms with E-state index in [-0.39, 0.29) is 0 Å². The lowest BCUT2D eigenvalue weighted by molar-refractivity contribution is 0.0526. The monoisotopic (exact) mass is 209 g/mol. The summed E-state index contributed by atoms with van der Waals surface area (Å²) in [5.74, 6) is 3.50. The fraction of sp³-hybridized carbons (Fsp3) is 0.846. The van der Waals surface area contributed by atoms with Crippen LogP contribution in [0.15, 0.2) is 0 Å². The van der Waals surface area contributed by atoms with Gasteiger partial charge < -0.3 is 10.1 Å². The molecule has 2 heteroatoms. The van der Waals surface area contributed by atoms with Crippen LogP contribution in [-0.4, -0.2) is 25.8 Å². The van der Waals surface area contributed by atoms with Crippen LogP contribution in [0.2, 0.25) is 0 Å². The zero-order valence-corrected chi connectivity index (χ0v) is 9.80. The molecular weight excluding hydrogens is 186 g/mol. The van der Waals surface area contributed by atoms with E-state index in [1.807, 2.05) is 0 Å². The molecule has 0 aromatic carbocycles. The molecule has 1 fully saturated rings. The van der Waals surface area contributed by atoms with Gasteiger partial charge in [-0.2, -0.15) is 0 Å². The van der Waals surface area contributed by atoms with Crippen molar-refractivity contribution in [3.8, 4) is 12.3 Å². The summed E-state index contributed by atoms with van der Waals surface area (Å²) in [5, 5.41) is 3.59. The molecule has 1 saturated heterocycles. The third-order valence-electron chi connectivity index (χ3n) is 3.14. The molecule has 15 heavy (non-hydrogen) atoms. The molecule has 1 rings (SSSR count). The molecule has 1 heterocycles. The van der Waals surface area contributed by atoms with Crippen molar-refractivity contribution in [1.82, 2.24) is 5.32 Å². The maximum atomic E-state index is 5.39. The van der Waals surface area contributed by atoms with E-state index in [0.29, 0.717) is 6.04 Å². The van der Waals surface area contributed by atoms with Crippen molar-refractivity contribution in [2.75, 3.05) is 19.8 Å². The predicted molar refractivity (Wildman–Crippen MR) is 63.7 cm³/mol. The number of rotatable bonds is 6. The fourth-order valence-electron chi connectivity index (χ4n) is 2.31. The first-order valence-electron chi connectivity index (χ1n) is 6.13. The summed E-state index contributed by atoms with van der Waals surface area (Å²) in [4.78, 5) is 0. The predicted octanol–water partition coefficient (Wildman–Crippen LogP) is 2.19. The van der Waals surface area contributed by atoms with Crippen molar-refractivity contribution in [3.63, 3.8) is 0 Å². The van der Waals surface area contributed by atoms with E-state index in [4.69, 9.17) is 11.2 Å². The molecule has 1 N–H and O–H groups in total. The molecule has 2 nitrogen and oxygen atoms in total. The topological polar surface area (TPSA) is 21.3 Å². The summed E-state index contributed by atoms with van der Waals surface area (Å²) >= 11 is 0. The Balaban J connectivity index is 2.30. The highest BCUT2D eigenvalue weighted by Crippen LogP contribution is 2.22. The summed E-state index contributed by atoms with van der Waals surface area (Å²) in [7, 11) is 0. The highest BCUT2D eigenvalue weighted by atomic mass is 16.5. The Kier molecular flexibility index (Phi) is 6.47. The maximum absolute atomic E-state index is 5.39. The lowest BCUT2D eigenvalue weighted by Gasteiger charge is -2.30. The van der Waals surface area contributed by atoms with Gasteiger partial charge in [0.05, 0.1) is 0 Å². The van der Waals surface area contributed by atoms with E-state index in [0.717, 1.165) is 38.5 Å². The van der Waals surface area contributed by atoms with Crippen LogP contribution >= 0.6 is 0 Å². The van der Waals surface area contributed by atoms with Gasteiger partial charge in [-0.25, -0.2) is 0 Å². The van der Waals surface area contributed by atoms with Crippen molar-refractivity contribution >= 4 is 0 Å². The van der Waals surface area contributed by atoms with E-state index in [1.54, 1.807) is 0 Å². The summed E-state index contributed by atoms with van der Waals surface area (Å²) in [6.07, 6.45) is 10.9. The Hall–Kier alpha value is -0.520. The van der Waals surface area contributed by atoms with E-state index in [2.05, 4.69) is 18.2 Å². The number of hydrogen-bond acceptors (Lipinski definition) is 2. The Morgan fingerprint density at radius 2 is 2.20 bits per heavy atom. The summed E-state index contributed by atoms with van der Waals surface area (Å²) in [5.41, 5.74) is 0. The quantitative estimate of drug-likeness (QED) is 0.535. The number of terminal acetylenes is 1.